The molecule has 1 fully saturated rings. The molecule has 0 N–H and O–H groups in total. The molecule has 16 heteroatoms. The lowest BCUT2D eigenvalue weighted by molar-refractivity contribution is -0.272. The quantitative estimate of drug-likeness (QED) is 0.0440. The molecule has 5 aromatic carbocycles. The van der Waals surface area contributed by atoms with Gasteiger partial charge in [0.1, 0.15) is 11.5 Å². The van der Waals surface area contributed by atoms with E-state index in [0.29, 0.717) is 36.0 Å². The second kappa shape index (κ2) is 24.8. The summed E-state index contributed by atoms with van der Waals surface area (Å²) in [5, 5.41) is -0.277. The third-order valence-electron chi connectivity index (χ3n) is 17.2. The molecule has 1 heterocycles. The lowest BCUT2D eigenvalue weighted by Crippen LogP contribution is -2.58. The van der Waals surface area contributed by atoms with Crippen LogP contribution in [0.25, 0.3) is 0 Å². The summed E-state index contributed by atoms with van der Waals surface area (Å²) in [4.78, 5) is 42.4. The van der Waals surface area contributed by atoms with E-state index in [1.807, 2.05) is 6.07 Å². The third-order valence-corrected chi connectivity index (χ3v) is 30.4. The normalized spacial score (nSPS) is 20.9. The van der Waals surface area contributed by atoms with Gasteiger partial charge in [-0.05, 0) is 150 Å². The maximum Gasteiger partial charge on any atom is 0.338 e. The van der Waals surface area contributed by atoms with Crippen LogP contribution in [-0.4, -0.2) is 102 Å². The van der Waals surface area contributed by atoms with Gasteiger partial charge in [-0.25, -0.2) is 14.4 Å². The molecule has 80 heavy (non-hydrogen) atoms. The molecule has 0 amide bonds. The smallest absolute Gasteiger partial charge is 0.338 e. The number of benzene rings is 5. The Labute approximate surface area is 478 Å². The van der Waals surface area contributed by atoms with E-state index in [2.05, 4.69) is 126 Å². The highest BCUT2D eigenvalue weighted by atomic mass is 28.4. The zero-order chi connectivity index (χ0) is 58.6. The minimum absolute atomic E-state index is 0.0441. The van der Waals surface area contributed by atoms with Crippen molar-refractivity contribution in [1.82, 2.24) is 0 Å². The van der Waals surface area contributed by atoms with Gasteiger partial charge in [-0.3, -0.25) is 0 Å². The standard InChI is InChI=1S/C64H86O13Si3/c1-62(2,3)78(12,13)72-39-47-35-46-37-52(69-11)53(77-80(16,17)64(7,8)9)38-48(46)55(45-33-34-50(51(36-45)68-10)76-79(14,15)63(4,5)6)49(47)40-70-61-57(75-60(67)44-31-25-20-26-32-44)56(74-59(66)43-29-23-19-24-30-43)54(41-71-61)73-58(65)42-27-21-18-22-28-42/h18-34,36-38,47,49,54-57,61H,35,39-41H2,1-17H3/t47-,49-,54+,55-,56-,57+,61?/m0/s1. The van der Waals surface area contributed by atoms with Crippen molar-refractivity contribution in [2.75, 3.05) is 34.0 Å². The van der Waals surface area contributed by atoms with Crippen LogP contribution in [0.2, 0.25) is 54.4 Å². The lowest BCUT2D eigenvalue weighted by atomic mass is 9.67. The molecule has 2 aliphatic rings. The van der Waals surface area contributed by atoms with Crippen LogP contribution in [0.1, 0.15) is 116 Å². The number of carbonyl (C=O) groups is 3. The molecule has 1 aliphatic carbocycles. The molecule has 0 radical (unpaired) electrons. The van der Waals surface area contributed by atoms with Gasteiger partial charge in [0, 0.05) is 12.5 Å². The number of rotatable bonds is 19. The SMILES string of the molecule is COc1cc([C@H]2c3cc(O[Si](C)(C)C(C)(C)C)c(OC)cc3C[C@@H](CO[Si](C)(C)C(C)(C)C)[C@@H]2COC2OC[C@@H](OC(=O)c3ccccc3)[C@H](OC(=O)c3ccccc3)[C@H]2OC(=O)c2ccccc2)ccc1O[Si](C)(C)C(C)(C)C. The monoisotopic (exact) mass is 1150 g/mol. The number of hydrogen-bond acceptors (Lipinski definition) is 13. The van der Waals surface area contributed by atoms with Crippen LogP contribution in [-0.2, 0) is 34.5 Å². The average molecular weight is 1150 g/mol. The first kappa shape index (κ1) is 61.9. The van der Waals surface area contributed by atoms with Crippen molar-refractivity contribution < 1.29 is 60.8 Å². The fourth-order valence-corrected chi connectivity index (χ4v) is 12.3. The predicted molar refractivity (Wildman–Crippen MR) is 320 cm³/mol. The van der Waals surface area contributed by atoms with Crippen LogP contribution in [0.4, 0.5) is 0 Å². The minimum Gasteiger partial charge on any atom is -0.541 e. The summed E-state index contributed by atoms with van der Waals surface area (Å²) >= 11 is 0. The largest absolute Gasteiger partial charge is 0.541 e. The van der Waals surface area contributed by atoms with Crippen molar-refractivity contribution in [3.8, 4) is 23.0 Å². The Hall–Kier alpha value is -5.76. The van der Waals surface area contributed by atoms with Crippen LogP contribution in [0.15, 0.2) is 121 Å². The van der Waals surface area contributed by atoms with E-state index in [1.165, 1.54) is 0 Å². The summed E-state index contributed by atoms with van der Waals surface area (Å²) in [5.74, 6) is -0.416. The van der Waals surface area contributed by atoms with E-state index in [-0.39, 0.29) is 62.8 Å². The van der Waals surface area contributed by atoms with Gasteiger partial charge in [0.05, 0.1) is 44.1 Å². The Bertz CT molecular complexity index is 2910. The van der Waals surface area contributed by atoms with Gasteiger partial charge in [0.15, 0.2) is 44.4 Å². The Balaban J connectivity index is 1.39. The highest BCUT2D eigenvalue weighted by Gasteiger charge is 2.51. The van der Waals surface area contributed by atoms with E-state index >= 15 is 0 Å². The molecule has 0 saturated carbocycles. The summed E-state index contributed by atoms with van der Waals surface area (Å²) in [6.07, 6.45) is -4.77. The molecule has 1 unspecified atom stereocenters. The van der Waals surface area contributed by atoms with Crippen LogP contribution < -0.4 is 18.3 Å². The second-order valence-corrected chi connectivity index (χ2v) is 40.1. The summed E-state index contributed by atoms with van der Waals surface area (Å²) in [7, 11) is -3.73. The first-order valence-corrected chi connectivity index (χ1v) is 36.6. The van der Waals surface area contributed by atoms with Crippen LogP contribution >= 0.6 is 0 Å². The maximum atomic E-state index is 14.3. The number of hydrogen-bond donors (Lipinski definition) is 0. The topological polar surface area (TPSA) is 144 Å². The van der Waals surface area contributed by atoms with Crippen molar-refractivity contribution in [2.24, 2.45) is 11.8 Å². The van der Waals surface area contributed by atoms with Gasteiger partial charge in [-0.2, -0.15) is 0 Å². The Morgan fingerprint density at radius 1 is 0.525 bits per heavy atom. The van der Waals surface area contributed by atoms with Gasteiger partial charge in [-0.1, -0.05) is 123 Å². The van der Waals surface area contributed by atoms with E-state index in [0.717, 1.165) is 16.7 Å². The average Bonchev–Trinajstić information content (AvgIpc) is 3.59. The number of ether oxygens (including phenoxy) is 7. The number of methoxy groups -OCH3 is 2. The van der Waals surface area contributed by atoms with E-state index < -0.39 is 67.5 Å². The molecule has 7 rings (SSSR count). The van der Waals surface area contributed by atoms with Gasteiger partial charge >= 0.3 is 17.9 Å². The minimum atomic E-state index is -2.42. The van der Waals surface area contributed by atoms with Crippen LogP contribution in [0, 0.1) is 11.8 Å². The number of fused-ring (bicyclic) bond motifs is 1. The Morgan fingerprint density at radius 2 is 0.988 bits per heavy atom. The Morgan fingerprint density at radius 3 is 1.48 bits per heavy atom. The zero-order valence-electron chi connectivity index (χ0n) is 50.2. The molecule has 0 spiro atoms. The first-order valence-electron chi connectivity index (χ1n) is 27.9. The highest BCUT2D eigenvalue weighted by Crippen LogP contribution is 2.51. The van der Waals surface area contributed by atoms with Gasteiger partial charge < -0.3 is 46.4 Å². The van der Waals surface area contributed by atoms with Crippen LogP contribution in [0.3, 0.4) is 0 Å². The summed E-state index contributed by atoms with van der Waals surface area (Å²) in [5.41, 5.74) is 3.81. The molecule has 1 aliphatic heterocycles. The molecule has 7 atom stereocenters. The molecule has 0 bridgehead atoms. The predicted octanol–water partition coefficient (Wildman–Crippen LogP) is 14.5. The van der Waals surface area contributed by atoms with Gasteiger partial charge in [-0.15, -0.1) is 0 Å². The highest BCUT2D eigenvalue weighted by molar-refractivity contribution is 6.75. The Kier molecular flexibility index (Phi) is 19.1. The van der Waals surface area contributed by atoms with E-state index in [4.69, 9.17) is 46.4 Å². The van der Waals surface area contributed by atoms with Gasteiger partial charge in [0.2, 0.25) is 0 Å². The van der Waals surface area contributed by atoms with Crippen molar-refractivity contribution in [1.29, 1.82) is 0 Å². The second-order valence-electron chi connectivity index (χ2n) is 25.8. The van der Waals surface area contributed by atoms with Crippen molar-refractivity contribution in [2.45, 2.75) is 154 Å². The summed E-state index contributed by atoms with van der Waals surface area (Å²) in [6, 6.07) is 36.0. The molecule has 1 saturated heterocycles. The molecule has 0 aromatic heterocycles. The number of carbonyl (C=O) groups excluding carboxylic acids is 3. The van der Waals surface area contributed by atoms with Crippen molar-refractivity contribution in [3.63, 3.8) is 0 Å². The maximum absolute atomic E-state index is 14.3. The van der Waals surface area contributed by atoms with E-state index in [1.54, 1.807) is 105 Å². The van der Waals surface area contributed by atoms with E-state index in [9.17, 15) is 14.4 Å². The molecular formula is C64H86O13Si3. The zero-order valence-corrected chi connectivity index (χ0v) is 53.2. The van der Waals surface area contributed by atoms with Gasteiger partial charge in [0.25, 0.3) is 16.6 Å². The van der Waals surface area contributed by atoms with Crippen LogP contribution in [0.5, 0.6) is 23.0 Å². The molecule has 5 aromatic rings. The molecule has 432 valence electrons. The molecule has 13 nitrogen and oxygen atoms in total. The first-order chi connectivity index (χ1) is 37.4. The summed E-state index contributed by atoms with van der Waals surface area (Å²) < 4.78 is 66.3. The lowest BCUT2D eigenvalue weighted by Gasteiger charge is -2.45. The number of esters is 3. The fraction of sp³-hybridized carbons (Fsp3) is 0.484. The van der Waals surface area contributed by atoms with Crippen molar-refractivity contribution in [3.05, 3.63) is 155 Å². The van der Waals surface area contributed by atoms with Crippen molar-refractivity contribution >= 4 is 42.9 Å². The molecular weight excluding hydrogens is 1060 g/mol. The summed E-state index contributed by atoms with van der Waals surface area (Å²) in [6.45, 7) is 33.6. The third kappa shape index (κ3) is 14.3. The fourth-order valence-electron chi connectivity index (χ4n) is 9.22.